The Balaban J connectivity index is 1.88. The first kappa shape index (κ1) is 17.4. The molecule has 2 rings (SSSR count). The van der Waals surface area contributed by atoms with E-state index in [2.05, 4.69) is 5.32 Å². The van der Waals surface area contributed by atoms with Crippen molar-refractivity contribution in [2.75, 3.05) is 25.1 Å². The van der Waals surface area contributed by atoms with Crippen molar-refractivity contribution in [3.05, 3.63) is 29.8 Å². The first-order valence-electron chi connectivity index (χ1n) is 7.53. The van der Waals surface area contributed by atoms with Crippen LogP contribution in [0, 0.1) is 6.92 Å². The van der Waals surface area contributed by atoms with Crippen LogP contribution in [0.1, 0.15) is 19.4 Å². The van der Waals surface area contributed by atoms with E-state index in [1.54, 1.807) is 13.8 Å². The number of hydrogen-bond acceptors (Lipinski definition) is 6. The van der Waals surface area contributed by atoms with E-state index in [0.29, 0.717) is 6.54 Å². The summed E-state index contributed by atoms with van der Waals surface area (Å²) in [5.74, 6) is -0.680. The summed E-state index contributed by atoms with van der Waals surface area (Å²) in [7, 11) is -3.31. The number of rotatable bonds is 9. The van der Waals surface area contributed by atoms with Crippen LogP contribution in [-0.4, -0.2) is 42.9 Å². The first-order chi connectivity index (χ1) is 10.5. The molecule has 0 saturated carbocycles. The molecule has 0 amide bonds. The Hall–Kier alpha value is -0.910. The molecule has 0 radical (unpaired) electrons. The third-order valence-corrected chi connectivity index (χ3v) is 5.73. The average molecular weight is 329 g/mol. The van der Waals surface area contributed by atoms with Crippen molar-refractivity contribution in [3.63, 3.8) is 0 Å². The normalized spacial score (nSPS) is 22.4. The fourth-order valence-electron chi connectivity index (χ4n) is 2.30. The number of aliphatic hydroxyl groups is 1. The van der Waals surface area contributed by atoms with E-state index in [1.165, 1.54) is 0 Å². The minimum atomic E-state index is -3.31. The van der Waals surface area contributed by atoms with Gasteiger partial charge in [-0.25, -0.2) is 0 Å². The second-order valence-electron chi connectivity index (χ2n) is 5.13. The van der Waals surface area contributed by atoms with Crippen LogP contribution in [0.2, 0.25) is 0 Å². The van der Waals surface area contributed by atoms with Gasteiger partial charge in [-0.05, 0) is 32.4 Å². The van der Waals surface area contributed by atoms with Crippen molar-refractivity contribution in [1.82, 2.24) is 0 Å². The zero-order valence-electron chi connectivity index (χ0n) is 13.2. The number of hydrogen-bond donors (Lipinski definition) is 2. The van der Waals surface area contributed by atoms with Gasteiger partial charge in [-0.15, -0.1) is 0 Å². The van der Waals surface area contributed by atoms with Crippen molar-refractivity contribution >= 4 is 13.3 Å². The monoisotopic (exact) mass is 329 g/mol. The molecule has 1 saturated heterocycles. The molecule has 1 aromatic rings. The molecule has 3 unspecified atom stereocenters. The highest BCUT2D eigenvalue weighted by Gasteiger charge is 2.57. The van der Waals surface area contributed by atoms with Gasteiger partial charge in [0.15, 0.2) is 5.85 Å². The van der Waals surface area contributed by atoms with E-state index in [1.807, 2.05) is 31.2 Å². The molecule has 0 bridgehead atoms. The number of para-hydroxylation sites is 1. The molecule has 0 aliphatic carbocycles. The van der Waals surface area contributed by atoms with Crippen molar-refractivity contribution in [3.8, 4) is 0 Å². The number of anilines is 1. The van der Waals surface area contributed by atoms with Crippen LogP contribution < -0.4 is 5.32 Å². The largest absolute Gasteiger partial charge is 0.388 e. The molecule has 2 N–H and O–H groups in total. The lowest BCUT2D eigenvalue weighted by Gasteiger charge is -2.16. The number of ether oxygens (including phenoxy) is 1. The van der Waals surface area contributed by atoms with E-state index < -0.39 is 25.6 Å². The Labute approximate surface area is 131 Å². The van der Waals surface area contributed by atoms with Crippen LogP contribution in [0.5, 0.6) is 0 Å². The van der Waals surface area contributed by atoms with E-state index in [-0.39, 0.29) is 13.2 Å². The predicted molar refractivity (Wildman–Crippen MR) is 85.2 cm³/mol. The van der Waals surface area contributed by atoms with Crippen molar-refractivity contribution in [2.24, 2.45) is 0 Å². The van der Waals surface area contributed by atoms with Gasteiger partial charge in [0.25, 0.3) is 0 Å². The minimum Gasteiger partial charge on any atom is -0.388 e. The van der Waals surface area contributed by atoms with Gasteiger partial charge in [0.05, 0.1) is 13.2 Å². The molecule has 1 aromatic carbocycles. The van der Waals surface area contributed by atoms with Gasteiger partial charge >= 0.3 is 7.60 Å². The summed E-state index contributed by atoms with van der Waals surface area (Å²) in [4.78, 5) is 0. The van der Waals surface area contributed by atoms with Gasteiger partial charge in [0, 0.05) is 12.2 Å². The Kier molecular flexibility index (Phi) is 6.01. The maximum Gasteiger partial charge on any atom is 0.361 e. The summed E-state index contributed by atoms with van der Waals surface area (Å²) >= 11 is 0. The van der Waals surface area contributed by atoms with Gasteiger partial charge in [-0.2, -0.15) is 0 Å². The molecule has 1 aliphatic rings. The Bertz CT molecular complexity index is 528. The third-order valence-electron chi connectivity index (χ3n) is 3.46. The van der Waals surface area contributed by atoms with E-state index >= 15 is 0 Å². The van der Waals surface area contributed by atoms with Gasteiger partial charge in [-0.3, -0.25) is 4.57 Å². The Morgan fingerprint density at radius 2 is 1.95 bits per heavy atom. The average Bonchev–Trinajstić information content (AvgIpc) is 3.28. The van der Waals surface area contributed by atoms with Crippen LogP contribution in [-0.2, 0) is 18.3 Å². The topological polar surface area (TPSA) is 80.3 Å². The predicted octanol–water partition coefficient (Wildman–Crippen LogP) is 2.76. The van der Waals surface area contributed by atoms with Crippen LogP contribution in [0.4, 0.5) is 5.69 Å². The molecule has 7 heteroatoms. The summed E-state index contributed by atoms with van der Waals surface area (Å²) in [5.41, 5.74) is 2.05. The lowest BCUT2D eigenvalue weighted by Crippen LogP contribution is -2.27. The summed E-state index contributed by atoms with van der Waals surface area (Å²) in [6, 6.07) is 7.82. The van der Waals surface area contributed by atoms with Crippen LogP contribution in [0.3, 0.4) is 0 Å². The quantitative estimate of drug-likeness (QED) is 0.536. The SMILES string of the molecule is CCOP(=O)(OCC)C1OC1C(O)CNc1ccccc1C. The molecule has 6 nitrogen and oxygen atoms in total. The lowest BCUT2D eigenvalue weighted by molar-refractivity contribution is 0.146. The fraction of sp³-hybridized carbons (Fsp3) is 0.600. The summed E-state index contributed by atoms with van der Waals surface area (Å²) in [6.07, 6.45) is -1.31. The van der Waals surface area contributed by atoms with E-state index in [9.17, 15) is 9.67 Å². The number of benzene rings is 1. The Morgan fingerprint density at radius 3 is 2.55 bits per heavy atom. The standard InChI is InChI=1S/C15H24NO5P/c1-4-19-22(18,20-5-2)15-14(21-15)13(17)10-16-12-9-7-6-8-11(12)3/h6-9,13-17H,4-5,10H2,1-3H3. The highest BCUT2D eigenvalue weighted by atomic mass is 31.2. The maximum atomic E-state index is 12.5. The van der Waals surface area contributed by atoms with Crippen LogP contribution in [0.25, 0.3) is 0 Å². The first-order valence-corrected chi connectivity index (χ1v) is 9.14. The number of epoxide rings is 1. The Morgan fingerprint density at radius 1 is 1.32 bits per heavy atom. The zero-order chi connectivity index (χ0) is 16.2. The molecule has 0 aromatic heterocycles. The second-order valence-corrected chi connectivity index (χ2v) is 7.23. The van der Waals surface area contributed by atoms with Crippen molar-refractivity contribution in [1.29, 1.82) is 0 Å². The number of aliphatic hydroxyl groups excluding tert-OH is 1. The van der Waals surface area contributed by atoms with Gasteiger partial charge in [-0.1, -0.05) is 18.2 Å². The zero-order valence-corrected chi connectivity index (χ0v) is 14.1. The maximum absolute atomic E-state index is 12.5. The molecule has 1 heterocycles. The van der Waals surface area contributed by atoms with E-state index in [0.717, 1.165) is 11.3 Å². The lowest BCUT2D eigenvalue weighted by atomic mass is 10.2. The van der Waals surface area contributed by atoms with E-state index in [4.69, 9.17) is 13.8 Å². The fourth-order valence-corrected chi connectivity index (χ4v) is 4.23. The number of nitrogens with one attached hydrogen (secondary N) is 1. The van der Waals surface area contributed by atoms with Gasteiger partial charge in [0.2, 0.25) is 0 Å². The third kappa shape index (κ3) is 4.09. The second kappa shape index (κ2) is 7.57. The van der Waals surface area contributed by atoms with Crippen molar-refractivity contribution < 1.29 is 23.5 Å². The smallest absolute Gasteiger partial charge is 0.361 e. The summed E-state index contributed by atoms with van der Waals surface area (Å²) in [6.45, 7) is 6.36. The van der Waals surface area contributed by atoms with Gasteiger partial charge < -0.3 is 24.2 Å². The molecule has 0 spiro atoms. The molecule has 1 fully saturated rings. The summed E-state index contributed by atoms with van der Waals surface area (Å²) < 4.78 is 28.3. The molecular formula is C15H24NO5P. The van der Waals surface area contributed by atoms with Crippen LogP contribution in [0.15, 0.2) is 24.3 Å². The van der Waals surface area contributed by atoms with Gasteiger partial charge in [0.1, 0.15) is 12.2 Å². The summed E-state index contributed by atoms with van der Waals surface area (Å²) in [5, 5.41) is 13.4. The minimum absolute atomic E-state index is 0.279. The highest BCUT2D eigenvalue weighted by molar-refractivity contribution is 7.54. The highest BCUT2D eigenvalue weighted by Crippen LogP contribution is 2.61. The molecule has 3 atom stereocenters. The molecular weight excluding hydrogens is 305 g/mol. The molecule has 22 heavy (non-hydrogen) atoms. The van der Waals surface area contributed by atoms with Crippen LogP contribution >= 0.6 is 7.60 Å². The van der Waals surface area contributed by atoms with Crippen molar-refractivity contribution in [2.45, 2.75) is 38.8 Å². The molecule has 124 valence electrons. The number of aryl methyl sites for hydroxylation is 1. The molecule has 1 aliphatic heterocycles.